The number of carboxylic acids is 1. The van der Waals surface area contributed by atoms with Crippen LogP contribution in [0.1, 0.15) is 29.8 Å². The fourth-order valence-corrected chi connectivity index (χ4v) is 2.59. The largest absolute Gasteiger partial charge is 0.478 e. The smallest absolute Gasteiger partial charge is 0.336 e. The highest BCUT2D eigenvalue weighted by molar-refractivity contribution is 5.96. The molecule has 24 heavy (non-hydrogen) atoms. The zero-order valence-corrected chi connectivity index (χ0v) is 14.5. The van der Waals surface area contributed by atoms with Gasteiger partial charge < -0.3 is 9.84 Å². The lowest BCUT2D eigenvalue weighted by atomic mass is 9.98. The lowest BCUT2D eigenvalue weighted by molar-refractivity contribution is 0.0627. The Balaban J connectivity index is 2.11. The van der Waals surface area contributed by atoms with Gasteiger partial charge in [-0.15, -0.1) is 0 Å². The predicted molar refractivity (Wildman–Crippen MR) is 96.3 cm³/mol. The molecule has 0 aromatic heterocycles. The number of likely N-dealkylation sites (N-methyl/N-ethyl adjacent to an activating group) is 1. The van der Waals surface area contributed by atoms with E-state index in [-0.39, 0.29) is 6.10 Å². The van der Waals surface area contributed by atoms with Crippen LogP contribution in [0.5, 0.6) is 0 Å². The van der Waals surface area contributed by atoms with Crippen molar-refractivity contribution in [2.75, 3.05) is 20.2 Å². The number of nitrogens with zero attached hydrogens (tertiary/aromatic N) is 1. The summed E-state index contributed by atoms with van der Waals surface area (Å²) in [4.78, 5) is 13.6. The summed E-state index contributed by atoms with van der Waals surface area (Å²) < 4.78 is 5.58. The Hall–Kier alpha value is -2.17. The van der Waals surface area contributed by atoms with Gasteiger partial charge in [-0.2, -0.15) is 0 Å². The van der Waals surface area contributed by atoms with E-state index in [1.54, 1.807) is 12.1 Å². The van der Waals surface area contributed by atoms with E-state index in [4.69, 9.17) is 4.74 Å². The summed E-state index contributed by atoms with van der Waals surface area (Å²) in [6.45, 7) is 6.42. The second kappa shape index (κ2) is 8.62. The molecule has 2 rings (SSSR count). The molecular weight excluding hydrogens is 302 g/mol. The van der Waals surface area contributed by atoms with Gasteiger partial charge in [0.2, 0.25) is 0 Å². The van der Waals surface area contributed by atoms with Crippen molar-refractivity contribution < 1.29 is 14.6 Å². The molecule has 0 aliphatic heterocycles. The molecule has 0 heterocycles. The molecule has 0 amide bonds. The van der Waals surface area contributed by atoms with Gasteiger partial charge in [0.25, 0.3) is 0 Å². The highest BCUT2D eigenvalue weighted by Crippen LogP contribution is 2.25. The molecule has 0 aliphatic carbocycles. The first-order chi connectivity index (χ1) is 11.5. The van der Waals surface area contributed by atoms with Crippen LogP contribution in [0.3, 0.4) is 0 Å². The van der Waals surface area contributed by atoms with Crippen molar-refractivity contribution in [1.82, 2.24) is 4.90 Å². The lowest BCUT2D eigenvalue weighted by Gasteiger charge is -2.18. The average Bonchev–Trinajstić information content (AvgIpc) is 2.54. The van der Waals surface area contributed by atoms with Crippen LogP contribution >= 0.6 is 0 Å². The van der Waals surface area contributed by atoms with E-state index in [1.165, 1.54) is 0 Å². The van der Waals surface area contributed by atoms with Crippen LogP contribution in [-0.4, -0.2) is 42.3 Å². The van der Waals surface area contributed by atoms with Gasteiger partial charge in [-0.05, 0) is 49.7 Å². The summed E-state index contributed by atoms with van der Waals surface area (Å²) >= 11 is 0. The van der Waals surface area contributed by atoms with Gasteiger partial charge in [0.05, 0.1) is 18.3 Å². The zero-order valence-electron chi connectivity index (χ0n) is 14.5. The van der Waals surface area contributed by atoms with Crippen LogP contribution in [0.25, 0.3) is 11.1 Å². The van der Waals surface area contributed by atoms with Crippen molar-refractivity contribution in [1.29, 1.82) is 0 Å². The molecule has 2 aromatic rings. The van der Waals surface area contributed by atoms with Crippen LogP contribution in [-0.2, 0) is 11.3 Å². The normalized spacial score (nSPS) is 11.2. The van der Waals surface area contributed by atoms with Crippen LogP contribution in [0.2, 0.25) is 0 Å². The number of aromatic carboxylic acids is 1. The van der Waals surface area contributed by atoms with E-state index in [1.807, 2.05) is 38.1 Å². The topological polar surface area (TPSA) is 49.8 Å². The highest BCUT2D eigenvalue weighted by atomic mass is 16.5. The summed E-state index contributed by atoms with van der Waals surface area (Å²) in [6.07, 6.45) is 0.245. The number of hydrogen-bond acceptors (Lipinski definition) is 3. The minimum Gasteiger partial charge on any atom is -0.478 e. The number of carbonyl (C=O) groups is 1. The molecule has 128 valence electrons. The van der Waals surface area contributed by atoms with Crippen molar-refractivity contribution in [3.05, 3.63) is 59.7 Å². The SMILES string of the molecule is CC(C)OCCN(C)Cc1cccc(-c2ccccc2C(=O)O)c1. The van der Waals surface area contributed by atoms with Gasteiger partial charge in [-0.3, -0.25) is 4.90 Å². The Labute approximate surface area is 143 Å². The first-order valence-electron chi connectivity index (χ1n) is 8.19. The van der Waals surface area contributed by atoms with Gasteiger partial charge in [-0.1, -0.05) is 36.4 Å². The molecule has 0 aliphatic rings. The van der Waals surface area contributed by atoms with Gasteiger partial charge in [0.15, 0.2) is 0 Å². The number of hydrogen-bond donors (Lipinski definition) is 1. The van der Waals surface area contributed by atoms with Crippen LogP contribution in [0.4, 0.5) is 0 Å². The molecule has 0 radical (unpaired) electrons. The molecule has 0 saturated carbocycles. The summed E-state index contributed by atoms with van der Waals surface area (Å²) in [7, 11) is 2.06. The van der Waals surface area contributed by atoms with Gasteiger partial charge in [0, 0.05) is 13.1 Å². The summed E-state index contributed by atoms with van der Waals surface area (Å²) in [6, 6.07) is 15.1. The van der Waals surface area contributed by atoms with E-state index < -0.39 is 5.97 Å². The Bertz CT molecular complexity index is 682. The maximum Gasteiger partial charge on any atom is 0.336 e. The van der Waals surface area contributed by atoms with E-state index in [0.717, 1.165) is 29.8 Å². The fraction of sp³-hybridized carbons (Fsp3) is 0.350. The molecule has 0 unspecified atom stereocenters. The number of carboxylic acid groups (broad SMARTS) is 1. The summed E-state index contributed by atoms with van der Waals surface area (Å²) in [5, 5.41) is 9.36. The standard InChI is InChI=1S/C20H25NO3/c1-15(2)24-12-11-21(3)14-16-7-6-8-17(13-16)18-9-4-5-10-19(18)20(22)23/h4-10,13,15H,11-12,14H2,1-3H3,(H,22,23). The summed E-state index contributed by atoms with van der Waals surface area (Å²) in [5.74, 6) is -0.904. The van der Waals surface area contributed by atoms with E-state index in [2.05, 4.69) is 24.1 Å². The third kappa shape index (κ3) is 5.18. The molecule has 1 N–H and O–H groups in total. The first kappa shape index (κ1) is 18.2. The van der Waals surface area contributed by atoms with Crippen LogP contribution in [0.15, 0.2) is 48.5 Å². The molecule has 0 spiro atoms. The zero-order chi connectivity index (χ0) is 17.5. The average molecular weight is 327 g/mol. The second-order valence-electron chi connectivity index (χ2n) is 6.21. The third-order valence-corrected chi connectivity index (χ3v) is 3.77. The monoisotopic (exact) mass is 327 g/mol. The van der Waals surface area contributed by atoms with Gasteiger partial charge in [0.1, 0.15) is 0 Å². The van der Waals surface area contributed by atoms with E-state index in [0.29, 0.717) is 12.2 Å². The lowest BCUT2D eigenvalue weighted by Crippen LogP contribution is -2.24. The molecule has 0 fully saturated rings. The Morgan fingerprint density at radius 3 is 2.62 bits per heavy atom. The maximum atomic E-state index is 11.4. The molecule has 0 atom stereocenters. The van der Waals surface area contributed by atoms with Gasteiger partial charge in [-0.25, -0.2) is 4.79 Å². The molecule has 4 heteroatoms. The predicted octanol–water partition coefficient (Wildman–Crippen LogP) is 3.91. The van der Waals surface area contributed by atoms with Crippen molar-refractivity contribution in [2.24, 2.45) is 0 Å². The number of rotatable bonds is 8. The molecule has 2 aromatic carbocycles. The van der Waals surface area contributed by atoms with Crippen LogP contribution in [0, 0.1) is 0 Å². The highest BCUT2D eigenvalue weighted by Gasteiger charge is 2.11. The van der Waals surface area contributed by atoms with Crippen LogP contribution < -0.4 is 0 Å². The quantitative estimate of drug-likeness (QED) is 0.798. The number of ether oxygens (including phenoxy) is 1. The number of benzene rings is 2. The summed E-state index contributed by atoms with van der Waals surface area (Å²) in [5.41, 5.74) is 3.16. The third-order valence-electron chi connectivity index (χ3n) is 3.77. The molecule has 0 saturated heterocycles. The Morgan fingerprint density at radius 2 is 1.92 bits per heavy atom. The second-order valence-corrected chi connectivity index (χ2v) is 6.21. The fourth-order valence-electron chi connectivity index (χ4n) is 2.59. The van der Waals surface area contributed by atoms with Crippen molar-refractivity contribution >= 4 is 5.97 Å². The van der Waals surface area contributed by atoms with Crippen molar-refractivity contribution in [2.45, 2.75) is 26.5 Å². The Morgan fingerprint density at radius 1 is 1.17 bits per heavy atom. The van der Waals surface area contributed by atoms with Crippen molar-refractivity contribution in [3.8, 4) is 11.1 Å². The minimum atomic E-state index is -0.904. The maximum absolute atomic E-state index is 11.4. The van der Waals surface area contributed by atoms with E-state index in [9.17, 15) is 9.90 Å². The molecule has 4 nitrogen and oxygen atoms in total. The molecular formula is C20H25NO3. The van der Waals surface area contributed by atoms with Crippen molar-refractivity contribution in [3.63, 3.8) is 0 Å². The minimum absolute atomic E-state index is 0.245. The Kier molecular flexibility index (Phi) is 6.53. The first-order valence-corrected chi connectivity index (χ1v) is 8.19. The molecule has 0 bridgehead atoms. The van der Waals surface area contributed by atoms with E-state index >= 15 is 0 Å². The van der Waals surface area contributed by atoms with Gasteiger partial charge >= 0.3 is 5.97 Å².